The Kier molecular flexibility index (Phi) is 5.44. The topological polar surface area (TPSA) is 26.0 Å². The van der Waals surface area contributed by atoms with E-state index in [1.165, 1.54) is 0 Å². The summed E-state index contributed by atoms with van der Waals surface area (Å²) in [6.07, 6.45) is 1.85. The number of halogens is 3. The van der Waals surface area contributed by atoms with Gasteiger partial charge in [-0.2, -0.15) is 0 Å². The summed E-state index contributed by atoms with van der Waals surface area (Å²) >= 11 is 17.8. The van der Waals surface area contributed by atoms with Crippen LogP contribution in [0.2, 0.25) is 15.1 Å². The molecule has 0 saturated heterocycles. The van der Waals surface area contributed by atoms with Crippen LogP contribution in [0.15, 0.2) is 12.1 Å². The van der Waals surface area contributed by atoms with E-state index < -0.39 is 0 Å². The fourth-order valence-electron chi connectivity index (χ4n) is 1.21. The van der Waals surface area contributed by atoms with Crippen LogP contribution in [0.25, 0.3) is 0 Å². The van der Waals surface area contributed by atoms with E-state index in [0.717, 1.165) is 12.8 Å². The van der Waals surface area contributed by atoms with E-state index in [-0.39, 0.29) is 6.04 Å². The van der Waals surface area contributed by atoms with Gasteiger partial charge in [0, 0.05) is 5.02 Å². The molecule has 0 fully saturated rings. The fraction of sp³-hybridized carbons (Fsp3) is 0.333. The molecule has 0 heterocycles. The van der Waals surface area contributed by atoms with Gasteiger partial charge in [0.2, 0.25) is 0 Å². The normalized spacial score (nSPS) is 11.8. The second kappa shape index (κ2) is 6.37. The van der Waals surface area contributed by atoms with E-state index in [0.29, 0.717) is 20.6 Å². The fourth-order valence-corrected chi connectivity index (χ4v) is 2.12. The van der Waals surface area contributed by atoms with Crippen molar-refractivity contribution in [3.63, 3.8) is 0 Å². The van der Waals surface area contributed by atoms with Crippen molar-refractivity contribution < 1.29 is 0 Å². The zero-order chi connectivity index (χ0) is 12.1. The van der Waals surface area contributed by atoms with Crippen LogP contribution >= 0.6 is 34.8 Å². The van der Waals surface area contributed by atoms with E-state index in [9.17, 15) is 0 Å². The summed E-state index contributed by atoms with van der Waals surface area (Å²) in [4.78, 5) is 0. The molecule has 0 radical (unpaired) electrons. The number of rotatable bonds is 2. The number of hydrogen-bond donors (Lipinski definition) is 1. The van der Waals surface area contributed by atoms with Crippen LogP contribution in [-0.2, 0) is 0 Å². The minimum atomic E-state index is -0.146. The smallest absolute Gasteiger partial charge is 0.0668 e. The van der Waals surface area contributed by atoms with Crippen LogP contribution in [0.5, 0.6) is 0 Å². The van der Waals surface area contributed by atoms with E-state index in [1.54, 1.807) is 12.1 Å². The Balaban J connectivity index is 2.97. The molecule has 0 aromatic heterocycles. The summed E-state index contributed by atoms with van der Waals surface area (Å²) in [5.41, 5.74) is 6.36. The third kappa shape index (κ3) is 3.88. The third-order valence-corrected chi connectivity index (χ3v) is 2.80. The van der Waals surface area contributed by atoms with Gasteiger partial charge in [-0.25, -0.2) is 0 Å². The van der Waals surface area contributed by atoms with Crippen molar-refractivity contribution in [2.45, 2.75) is 25.8 Å². The lowest BCUT2D eigenvalue weighted by molar-refractivity contribution is 0.720. The minimum Gasteiger partial charge on any atom is -0.318 e. The zero-order valence-electron chi connectivity index (χ0n) is 8.86. The van der Waals surface area contributed by atoms with Crippen LogP contribution in [0.3, 0.4) is 0 Å². The summed E-state index contributed by atoms with van der Waals surface area (Å²) in [7, 11) is 0. The molecule has 0 amide bonds. The zero-order valence-corrected chi connectivity index (χ0v) is 11.1. The molecule has 86 valence electrons. The minimum absolute atomic E-state index is 0.146. The summed E-state index contributed by atoms with van der Waals surface area (Å²) in [5, 5.41) is 1.40. The van der Waals surface area contributed by atoms with Crippen molar-refractivity contribution in [1.29, 1.82) is 0 Å². The second-order valence-electron chi connectivity index (χ2n) is 3.41. The van der Waals surface area contributed by atoms with Crippen molar-refractivity contribution in [2.24, 2.45) is 5.73 Å². The number of hydrogen-bond acceptors (Lipinski definition) is 1. The molecule has 1 aromatic rings. The van der Waals surface area contributed by atoms with Crippen LogP contribution in [0.1, 0.15) is 25.3 Å². The molecule has 2 N–H and O–H groups in total. The highest BCUT2D eigenvalue weighted by molar-refractivity contribution is 6.39. The predicted octanol–water partition coefficient (Wildman–Crippen LogP) is 4.13. The van der Waals surface area contributed by atoms with E-state index in [4.69, 9.17) is 40.5 Å². The molecule has 1 atom stereocenters. The van der Waals surface area contributed by atoms with Gasteiger partial charge in [-0.1, -0.05) is 60.0 Å². The number of nitrogens with two attached hydrogens (primary N) is 1. The largest absolute Gasteiger partial charge is 0.318 e. The maximum atomic E-state index is 5.98. The molecule has 0 aliphatic heterocycles. The maximum absolute atomic E-state index is 5.98. The van der Waals surface area contributed by atoms with Gasteiger partial charge in [0.25, 0.3) is 0 Å². The first-order chi connectivity index (χ1) is 7.54. The van der Waals surface area contributed by atoms with Crippen LogP contribution in [-0.4, -0.2) is 6.04 Å². The second-order valence-corrected chi connectivity index (χ2v) is 4.66. The Hall–Kier alpha value is -0.390. The monoisotopic (exact) mass is 275 g/mol. The van der Waals surface area contributed by atoms with Crippen molar-refractivity contribution in [2.75, 3.05) is 0 Å². The lowest BCUT2D eigenvalue weighted by atomic mass is 10.1. The van der Waals surface area contributed by atoms with Crippen molar-refractivity contribution in [3.8, 4) is 11.8 Å². The molecular formula is C12H12Cl3N. The Labute approximate surface area is 111 Å². The highest BCUT2D eigenvalue weighted by Crippen LogP contribution is 2.28. The first-order valence-corrected chi connectivity index (χ1v) is 6.09. The van der Waals surface area contributed by atoms with E-state index >= 15 is 0 Å². The Morgan fingerprint density at radius 1 is 1.25 bits per heavy atom. The maximum Gasteiger partial charge on any atom is 0.0668 e. The Morgan fingerprint density at radius 2 is 1.81 bits per heavy atom. The molecular weight excluding hydrogens is 264 g/mol. The van der Waals surface area contributed by atoms with Gasteiger partial charge in [0.05, 0.1) is 21.7 Å². The lowest BCUT2D eigenvalue weighted by Gasteiger charge is -2.02. The van der Waals surface area contributed by atoms with Gasteiger partial charge in [-0.05, 0) is 18.6 Å². The molecule has 0 spiro atoms. The van der Waals surface area contributed by atoms with Crippen LogP contribution < -0.4 is 5.73 Å². The SMILES string of the molecule is CCCC(N)C#Cc1c(Cl)cc(Cl)cc1Cl. The average molecular weight is 277 g/mol. The van der Waals surface area contributed by atoms with Gasteiger partial charge in [-0.3, -0.25) is 0 Å². The van der Waals surface area contributed by atoms with Crippen molar-refractivity contribution in [1.82, 2.24) is 0 Å². The highest BCUT2D eigenvalue weighted by Gasteiger charge is 2.05. The quantitative estimate of drug-likeness (QED) is 0.808. The molecule has 0 bridgehead atoms. The molecule has 0 saturated carbocycles. The number of benzene rings is 1. The molecule has 1 rings (SSSR count). The molecule has 1 aromatic carbocycles. The molecule has 4 heteroatoms. The summed E-state index contributed by atoms with van der Waals surface area (Å²) < 4.78 is 0. The molecule has 1 unspecified atom stereocenters. The molecule has 0 aliphatic carbocycles. The summed E-state index contributed by atoms with van der Waals surface area (Å²) in [5.74, 6) is 5.81. The van der Waals surface area contributed by atoms with Gasteiger partial charge in [0.15, 0.2) is 0 Å². The standard InChI is InChI=1S/C12H12Cl3N/c1-2-3-9(16)4-5-10-11(14)6-8(13)7-12(10)15/h6-7,9H,2-3,16H2,1H3. The van der Waals surface area contributed by atoms with Gasteiger partial charge in [-0.15, -0.1) is 0 Å². The highest BCUT2D eigenvalue weighted by atomic mass is 35.5. The van der Waals surface area contributed by atoms with Gasteiger partial charge in [0.1, 0.15) is 0 Å². The Morgan fingerprint density at radius 3 is 2.31 bits per heavy atom. The average Bonchev–Trinajstić information content (AvgIpc) is 2.16. The van der Waals surface area contributed by atoms with Crippen molar-refractivity contribution >= 4 is 34.8 Å². The molecule has 1 nitrogen and oxygen atoms in total. The van der Waals surface area contributed by atoms with Crippen LogP contribution in [0.4, 0.5) is 0 Å². The third-order valence-electron chi connectivity index (χ3n) is 1.99. The summed E-state index contributed by atoms with van der Waals surface area (Å²) in [6.45, 7) is 2.06. The van der Waals surface area contributed by atoms with E-state index in [2.05, 4.69) is 18.8 Å². The first kappa shape index (κ1) is 13.7. The van der Waals surface area contributed by atoms with Crippen molar-refractivity contribution in [3.05, 3.63) is 32.8 Å². The Bertz CT molecular complexity index is 409. The van der Waals surface area contributed by atoms with Gasteiger partial charge >= 0.3 is 0 Å². The predicted molar refractivity (Wildman–Crippen MR) is 71.2 cm³/mol. The summed E-state index contributed by atoms with van der Waals surface area (Å²) in [6, 6.07) is 3.09. The van der Waals surface area contributed by atoms with Gasteiger partial charge < -0.3 is 5.73 Å². The first-order valence-electron chi connectivity index (χ1n) is 4.96. The lowest BCUT2D eigenvalue weighted by Crippen LogP contribution is -2.16. The van der Waals surface area contributed by atoms with E-state index in [1.807, 2.05) is 0 Å². The van der Waals surface area contributed by atoms with Crippen LogP contribution in [0, 0.1) is 11.8 Å². The molecule has 16 heavy (non-hydrogen) atoms. The molecule has 0 aliphatic rings.